The first-order valence-corrected chi connectivity index (χ1v) is 5.73. The maximum absolute atomic E-state index is 8.91. The third-order valence-electron chi connectivity index (χ3n) is 2.62. The van der Waals surface area contributed by atoms with Crippen LogP contribution in [0.1, 0.15) is 12.6 Å². The summed E-state index contributed by atoms with van der Waals surface area (Å²) in [6.07, 6.45) is 0. The molecular formula is C13H17N3O. The molecule has 1 heterocycles. The molecule has 1 aromatic heterocycles. The van der Waals surface area contributed by atoms with Crippen LogP contribution in [0.4, 0.5) is 0 Å². The van der Waals surface area contributed by atoms with Crippen molar-refractivity contribution in [1.82, 2.24) is 15.5 Å². The highest BCUT2D eigenvalue weighted by molar-refractivity contribution is 5.58. The van der Waals surface area contributed by atoms with E-state index in [1.807, 2.05) is 43.3 Å². The molecule has 2 aromatic rings. The van der Waals surface area contributed by atoms with Crippen LogP contribution in [-0.2, 0) is 6.54 Å². The minimum atomic E-state index is 0.0958. The highest BCUT2D eigenvalue weighted by Crippen LogP contribution is 2.16. The average molecular weight is 231 g/mol. The van der Waals surface area contributed by atoms with E-state index in [1.54, 1.807) is 0 Å². The predicted molar refractivity (Wildman–Crippen MR) is 67.4 cm³/mol. The van der Waals surface area contributed by atoms with Crippen LogP contribution in [0.25, 0.3) is 11.3 Å². The Labute approximate surface area is 101 Å². The Morgan fingerprint density at radius 2 is 2.12 bits per heavy atom. The van der Waals surface area contributed by atoms with Crippen LogP contribution in [0.3, 0.4) is 0 Å². The normalized spacial score (nSPS) is 12.6. The van der Waals surface area contributed by atoms with E-state index in [1.165, 1.54) is 0 Å². The zero-order valence-electron chi connectivity index (χ0n) is 9.85. The first-order chi connectivity index (χ1) is 8.29. The monoisotopic (exact) mass is 231 g/mol. The molecule has 0 saturated heterocycles. The van der Waals surface area contributed by atoms with Gasteiger partial charge in [-0.1, -0.05) is 30.3 Å². The lowest BCUT2D eigenvalue weighted by Gasteiger charge is -2.08. The fraction of sp³-hybridized carbons (Fsp3) is 0.308. The number of nitrogens with one attached hydrogen (secondary N) is 2. The maximum atomic E-state index is 8.91. The molecule has 2 rings (SSSR count). The van der Waals surface area contributed by atoms with Gasteiger partial charge in [-0.05, 0) is 13.0 Å². The molecule has 90 valence electrons. The van der Waals surface area contributed by atoms with Crippen molar-refractivity contribution in [2.24, 2.45) is 0 Å². The second-order valence-electron chi connectivity index (χ2n) is 4.11. The molecule has 0 radical (unpaired) electrons. The Kier molecular flexibility index (Phi) is 3.90. The van der Waals surface area contributed by atoms with E-state index in [4.69, 9.17) is 5.11 Å². The molecular weight excluding hydrogens is 214 g/mol. The lowest BCUT2D eigenvalue weighted by Crippen LogP contribution is -2.28. The van der Waals surface area contributed by atoms with Crippen molar-refractivity contribution in [2.75, 3.05) is 6.61 Å². The lowest BCUT2D eigenvalue weighted by molar-refractivity contribution is 0.250. The number of nitrogens with zero attached hydrogens (tertiary/aromatic N) is 1. The van der Waals surface area contributed by atoms with Gasteiger partial charge in [0.1, 0.15) is 0 Å². The molecule has 3 N–H and O–H groups in total. The molecule has 0 fully saturated rings. The van der Waals surface area contributed by atoms with Gasteiger partial charge in [-0.2, -0.15) is 5.10 Å². The summed E-state index contributed by atoms with van der Waals surface area (Å²) in [5.41, 5.74) is 3.06. The van der Waals surface area contributed by atoms with Crippen LogP contribution in [0, 0.1) is 0 Å². The van der Waals surface area contributed by atoms with Crippen LogP contribution < -0.4 is 5.32 Å². The van der Waals surface area contributed by atoms with Gasteiger partial charge in [0.05, 0.1) is 12.3 Å². The van der Waals surface area contributed by atoms with Gasteiger partial charge >= 0.3 is 0 Å². The van der Waals surface area contributed by atoms with E-state index in [9.17, 15) is 0 Å². The van der Waals surface area contributed by atoms with E-state index in [0.717, 1.165) is 17.0 Å². The Bertz CT molecular complexity index is 453. The number of aromatic amines is 1. The van der Waals surface area contributed by atoms with Crippen molar-refractivity contribution in [3.63, 3.8) is 0 Å². The largest absolute Gasteiger partial charge is 0.395 e. The Hall–Kier alpha value is -1.65. The third-order valence-corrected chi connectivity index (χ3v) is 2.62. The Balaban J connectivity index is 2.01. The summed E-state index contributed by atoms with van der Waals surface area (Å²) in [6, 6.07) is 12.2. The molecule has 4 nitrogen and oxygen atoms in total. The second kappa shape index (κ2) is 5.61. The molecule has 1 aromatic carbocycles. The molecule has 0 bridgehead atoms. The van der Waals surface area contributed by atoms with Crippen LogP contribution in [0.5, 0.6) is 0 Å². The highest BCUT2D eigenvalue weighted by Gasteiger charge is 2.04. The minimum Gasteiger partial charge on any atom is -0.395 e. The first kappa shape index (κ1) is 11.8. The smallest absolute Gasteiger partial charge is 0.0924 e. The van der Waals surface area contributed by atoms with E-state index < -0.39 is 0 Å². The first-order valence-electron chi connectivity index (χ1n) is 5.73. The van der Waals surface area contributed by atoms with Gasteiger partial charge in [0.25, 0.3) is 0 Å². The average Bonchev–Trinajstić information content (AvgIpc) is 2.86. The van der Waals surface area contributed by atoms with Gasteiger partial charge in [-0.15, -0.1) is 0 Å². The van der Waals surface area contributed by atoms with E-state index in [0.29, 0.717) is 6.54 Å². The summed E-state index contributed by atoms with van der Waals surface area (Å²) < 4.78 is 0. The Morgan fingerprint density at radius 1 is 1.35 bits per heavy atom. The number of benzene rings is 1. The zero-order chi connectivity index (χ0) is 12.1. The number of aliphatic hydroxyl groups is 1. The van der Waals surface area contributed by atoms with Crippen LogP contribution in [0.15, 0.2) is 36.4 Å². The minimum absolute atomic E-state index is 0.0958. The maximum Gasteiger partial charge on any atom is 0.0924 e. The zero-order valence-corrected chi connectivity index (χ0v) is 9.85. The molecule has 0 amide bonds. The van der Waals surface area contributed by atoms with Gasteiger partial charge in [-0.25, -0.2) is 0 Å². The van der Waals surface area contributed by atoms with Crippen LogP contribution in [-0.4, -0.2) is 28.0 Å². The molecule has 4 heteroatoms. The van der Waals surface area contributed by atoms with Crippen molar-refractivity contribution in [3.05, 3.63) is 42.1 Å². The van der Waals surface area contributed by atoms with Gasteiger partial charge in [0.2, 0.25) is 0 Å². The van der Waals surface area contributed by atoms with Crippen molar-refractivity contribution in [2.45, 2.75) is 19.5 Å². The van der Waals surface area contributed by atoms with E-state index in [-0.39, 0.29) is 12.6 Å². The standard InChI is InChI=1S/C13H17N3O/c1-10(9-17)14-8-12-7-13(16-15-12)11-5-3-2-4-6-11/h2-7,10,14,17H,8-9H2,1H3,(H,15,16)/t10-/m1/s1. The van der Waals surface area contributed by atoms with Crippen LogP contribution in [0.2, 0.25) is 0 Å². The third kappa shape index (κ3) is 3.15. The molecule has 17 heavy (non-hydrogen) atoms. The number of H-pyrrole nitrogens is 1. The summed E-state index contributed by atoms with van der Waals surface area (Å²) in [4.78, 5) is 0. The summed E-state index contributed by atoms with van der Waals surface area (Å²) in [5.74, 6) is 0. The summed E-state index contributed by atoms with van der Waals surface area (Å²) in [7, 11) is 0. The topological polar surface area (TPSA) is 60.9 Å². The molecule has 0 aliphatic rings. The number of aromatic nitrogens is 2. The van der Waals surface area contributed by atoms with Crippen molar-refractivity contribution < 1.29 is 5.11 Å². The van der Waals surface area contributed by atoms with Gasteiger partial charge in [-0.3, -0.25) is 5.10 Å². The molecule has 0 aliphatic heterocycles. The fourth-order valence-electron chi connectivity index (χ4n) is 1.56. The predicted octanol–water partition coefficient (Wildman–Crippen LogP) is 1.55. The summed E-state index contributed by atoms with van der Waals surface area (Å²) in [5, 5.41) is 19.4. The van der Waals surface area contributed by atoms with E-state index >= 15 is 0 Å². The van der Waals surface area contributed by atoms with Crippen molar-refractivity contribution in [3.8, 4) is 11.3 Å². The van der Waals surface area contributed by atoms with Crippen molar-refractivity contribution in [1.29, 1.82) is 0 Å². The molecule has 1 atom stereocenters. The van der Waals surface area contributed by atoms with E-state index in [2.05, 4.69) is 15.5 Å². The molecule has 0 unspecified atom stereocenters. The summed E-state index contributed by atoms with van der Waals surface area (Å²) >= 11 is 0. The molecule has 0 aliphatic carbocycles. The Morgan fingerprint density at radius 3 is 2.82 bits per heavy atom. The lowest BCUT2D eigenvalue weighted by atomic mass is 10.1. The fourth-order valence-corrected chi connectivity index (χ4v) is 1.56. The van der Waals surface area contributed by atoms with Crippen LogP contribution >= 0.6 is 0 Å². The molecule has 0 saturated carbocycles. The van der Waals surface area contributed by atoms with Gasteiger partial charge in [0, 0.05) is 23.8 Å². The molecule has 0 spiro atoms. The number of aliphatic hydroxyl groups excluding tert-OH is 1. The van der Waals surface area contributed by atoms with Gasteiger partial charge in [0.15, 0.2) is 0 Å². The van der Waals surface area contributed by atoms with Crippen molar-refractivity contribution >= 4 is 0 Å². The van der Waals surface area contributed by atoms with Gasteiger partial charge < -0.3 is 10.4 Å². The quantitative estimate of drug-likeness (QED) is 0.731. The number of hydrogen-bond acceptors (Lipinski definition) is 3. The SMILES string of the molecule is C[C@H](CO)NCc1cc(-c2ccccc2)n[nH]1. The number of rotatable bonds is 5. The number of hydrogen-bond donors (Lipinski definition) is 3. The summed E-state index contributed by atoms with van der Waals surface area (Å²) in [6.45, 7) is 2.76. The second-order valence-corrected chi connectivity index (χ2v) is 4.11. The highest BCUT2D eigenvalue weighted by atomic mass is 16.3.